The van der Waals surface area contributed by atoms with Crippen LogP contribution in [0.3, 0.4) is 0 Å². The van der Waals surface area contributed by atoms with Gasteiger partial charge in [-0.3, -0.25) is 14.9 Å². The zero-order valence-corrected chi connectivity index (χ0v) is 17.7. The Morgan fingerprint density at radius 3 is 2.38 bits per heavy atom. The molecule has 0 radical (unpaired) electrons. The van der Waals surface area contributed by atoms with E-state index in [1.807, 2.05) is 30.3 Å². The van der Waals surface area contributed by atoms with Gasteiger partial charge >= 0.3 is 5.97 Å². The average Bonchev–Trinajstić information content (AvgIpc) is 3.32. The van der Waals surface area contributed by atoms with Crippen molar-refractivity contribution in [1.82, 2.24) is 10.2 Å². The topological polar surface area (TPSA) is 137 Å². The molecule has 10 heteroatoms. The molecule has 0 aliphatic rings. The number of ether oxygens (including phenoxy) is 1. The van der Waals surface area contributed by atoms with Gasteiger partial charge in [0.2, 0.25) is 11.8 Å². The van der Waals surface area contributed by atoms with Gasteiger partial charge in [0.15, 0.2) is 6.61 Å². The van der Waals surface area contributed by atoms with Crippen LogP contribution in [0.25, 0.3) is 11.5 Å². The first-order valence-corrected chi connectivity index (χ1v) is 10.2. The number of nitrogens with zero attached hydrogens (tertiary/aromatic N) is 3. The summed E-state index contributed by atoms with van der Waals surface area (Å²) in [5.74, 6) is -0.761. The van der Waals surface area contributed by atoms with Crippen LogP contribution in [0, 0.1) is 10.1 Å². The van der Waals surface area contributed by atoms with Gasteiger partial charge in [-0.2, -0.15) is 0 Å². The number of aromatic nitrogens is 2. The average molecular weight is 458 g/mol. The normalized spacial score (nSPS) is 10.5. The Morgan fingerprint density at radius 2 is 1.65 bits per heavy atom. The second-order valence-corrected chi connectivity index (χ2v) is 7.14. The Kier molecular flexibility index (Phi) is 6.68. The maximum Gasteiger partial charge on any atom is 0.340 e. The van der Waals surface area contributed by atoms with E-state index in [1.54, 1.807) is 18.2 Å². The fourth-order valence-corrected chi connectivity index (χ4v) is 3.11. The van der Waals surface area contributed by atoms with Crippen molar-refractivity contribution in [2.24, 2.45) is 0 Å². The van der Waals surface area contributed by atoms with Crippen LogP contribution in [0.15, 0.2) is 83.3 Å². The summed E-state index contributed by atoms with van der Waals surface area (Å²) in [7, 11) is 0. The van der Waals surface area contributed by atoms with Crippen molar-refractivity contribution >= 4 is 23.3 Å². The van der Waals surface area contributed by atoms with E-state index >= 15 is 0 Å². The van der Waals surface area contributed by atoms with Crippen molar-refractivity contribution in [3.63, 3.8) is 0 Å². The number of non-ortho nitro benzene ring substituents is 1. The van der Waals surface area contributed by atoms with Crippen molar-refractivity contribution < 1.29 is 23.7 Å². The third-order valence-corrected chi connectivity index (χ3v) is 4.75. The number of hydrogen-bond acceptors (Lipinski definition) is 8. The summed E-state index contributed by atoms with van der Waals surface area (Å²) in [5.41, 5.74) is 1.78. The number of nitro groups is 1. The van der Waals surface area contributed by atoms with Crippen LogP contribution in [0.5, 0.6) is 0 Å². The molecular formula is C24H18N4O6. The minimum Gasteiger partial charge on any atom is -0.452 e. The first kappa shape index (κ1) is 22.3. The van der Waals surface area contributed by atoms with Gasteiger partial charge < -0.3 is 14.5 Å². The van der Waals surface area contributed by atoms with Gasteiger partial charge in [0, 0.05) is 17.7 Å². The highest BCUT2D eigenvalue weighted by Crippen LogP contribution is 2.22. The SMILES string of the molecule is O=C(Cc1ccccc1)Nc1ccccc1C(=O)OCc1nnc(-c2ccc([N+](=O)[O-])cc2)o1. The number of rotatable bonds is 8. The maximum absolute atomic E-state index is 12.6. The Morgan fingerprint density at radius 1 is 0.941 bits per heavy atom. The van der Waals surface area contributed by atoms with Crippen molar-refractivity contribution in [1.29, 1.82) is 0 Å². The molecule has 0 fully saturated rings. The summed E-state index contributed by atoms with van der Waals surface area (Å²) in [6.45, 7) is -0.287. The standard InChI is InChI=1S/C24H18N4O6/c29-21(14-16-6-2-1-3-7-16)25-20-9-5-4-8-19(20)24(30)33-15-22-26-27-23(34-22)17-10-12-18(13-11-17)28(31)32/h1-13H,14-15H2,(H,25,29). The van der Waals surface area contributed by atoms with E-state index in [1.165, 1.54) is 30.3 Å². The second kappa shape index (κ2) is 10.2. The van der Waals surface area contributed by atoms with Crippen molar-refractivity contribution in [2.75, 3.05) is 5.32 Å². The third-order valence-electron chi connectivity index (χ3n) is 4.75. The first-order chi connectivity index (χ1) is 16.5. The van der Waals surface area contributed by atoms with E-state index in [0.29, 0.717) is 11.3 Å². The number of nitrogens with one attached hydrogen (secondary N) is 1. The predicted octanol–water partition coefficient (Wildman–Crippen LogP) is 4.18. The highest BCUT2D eigenvalue weighted by molar-refractivity contribution is 6.01. The minimum absolute atomic E-state index is 0.0484. The van der Waals surface area contributed by atoms with Crippen LogP contribution in [0.1, 0.15) is 21.8 Å². The van der Waals surface area contributed by atoms with E-state index in [-0.39, 0.29) is 42.0 Å². The van der Waals surface area contributed by atoms with Gasteiger partial charge in [-0.25, -0.2) is 4.79 Å². The largest absolute Gasteiger partial charge is 0.452 e. The van der Waals surface area contributed by atoms with Crippen molar-refractivity contribution in [3.05, 3.63) is 106 Å². The predicted molar refractivity (Wildman–Crippen MR) is 121 cm³/mol. The van der Waals surface area contributed by atoms with E-state index < -0.39 is 10.9 Å². The Hall–Kier alpha value is -4.86. The molecule has 0 aliphatic carbocycles. The number of anilines is 1. The van der Waals surface area contributed by atoms with E-state index in [0.717, 1.165) is 5.56 Å². The molecule has 4 rings (SSSR count). The molecule has 0 spiro atoms. The van der Waals surface area contributed by atoms with E-state index in [9.17, 15) is 19.7 Å². The molecule has 1 aromatic heterocycles. The quantitative estimate of drug-likeness (QED) is 0.236. The Bertz CT molecular complexity index is 1320. The molecule has 1 amide bonds. The number of carbonyl (C=O) groups excluding carboxylic acids is 2. The molecule has 0 unspecified atom stereocenters. The molecule has 10 nitrogen and oxygen atoms in total. The molecule has 0 aliphatic heterocycles. The van der Waals surface area contributed by atoms with Crippen LogP contribution in [0.2, 0.25) is 0 Å². The van der Waals surface area contributed by atoms with Gasteiger partial charge in [-0.15, -0.1) is 10.2 Å². The number of hydrogen-bond donors (Lipinski definition) is 1. The molecule has 0 atom stereocenters. The highest BCUT2D eigenvalue weighted by Gasteiger charge is 2.17. The smallest absolute Gasteiger partial charge is 0.340 e. The van der Waals surface area contributed by atoms with Crippen LogP contribution in [-0.2, 0) is 22.6 Å². The van der Waals surface area contributed by atoms with Gasteiger partial charge in [0.05, 0.1) is 22.6 Å². The van der Waals surface area contributed by atoms with Crippen LogP contribution in [-0.4, -0.2) is 27.0 Å². The molecule has 0 saturated carbocycles. The molecule has 34 heavy (non-hydrogen) atoms. The van der Waals surface area contributed by atoms with E-state index in [4.69, 9.17) is 9.15 Å². The van der Waals surface area contributed by atoms with Crippen LogP contribution in [0.4, 0.5) is 11.4 Å². The van der Waals surface area contributed by atoms with E-state index in [2.05, 4.69) is 15.5 Å². The van der Waals surface area contributed by atoms with Gasteiger partial charge in [-0.05, 0) is 29.8 Å². The summed E-state index contributed by atoms with van der Waals surface area (Å²) in [6.07, 6.45) is 0.164. The molecule has 1 N–H and O–H groups in total. The molecule has 4 aromatic rings. The zero-order valence-electron chi connectivity index (χ0n) is 17.7. The van der Waals surface area contributed by atoms with Crippen molar-refractivity contribution in [3.8, 4) is 11.5 Å². The second-order valence-electron chi connectivity index (χ2n) is 7.14. The molecule has 1 heterocycles. The molecular weight excluding hydrogens is 440 g/mol. The number of esters is 1. The summed E-state index contributed by atoms with van der Waals surface area (Å²) in [4.78, 5) is 35.3. The molecule has 3 aromatic carbocycles. The third kappa shape index (κ3) is 5.49. The molecule has 0 bridgehead atoms. The van der Waals surface area contributed by atoms with Crippen LogP contribution >= 0.6 is 0 Å². The number of nitro benzene ring substituents is 1. The monoisotopic (exact) mass is 458 g/mol. The lowest BCUT2D eigenvalue weighted by Crippen LogP contribution is -2.17. The number of para-hydroxylation sites is 1. The molecule has 0 saturated heterocycles. The summed E-state index contributed by atoms with van der Waals surface area (Å²) in [6, 6.07) is 21.4. The molecule has 170 valence electrons. The summed E-state index contributed by atoms with van der Waals surface area (Å²) < 4.78 is 10.8. The lowest BCUT2D eigenvalue weighted by molar-refractivity contribution is -0.384. The first-order valence-electron chi connectivity index (χ1n) is 10.2. The minimum atomic E-state index is -0.675. The van der Waals surface area contributed by atoms with Gasteiger partial charge in [-0.1, -0.05) is 42.5 Å². The number of amides is 1. The Balaban J connectivity index is 1.38. The summed E-state index contributed by atoms with van der Waals surface area (Å²) >= 11 is 0. The van der Waals surface area contributed by atoms with Gasteiger partial charge in [0.25, 0.3) is 11.6 Å². The maximum atomic E-state index is 12.6. The number of benzene rings is 3. The van der Waals surface area contributed by atoms with Crippen molar-refractivity contribution in [2.45, 2.75) is 13.0 Å². The lowest BCUT2D eigenvalue weighted by Gasteiger charge is -2.10. The Labute approximate surface area is 193 Å². The fourth-order valence-electron chi connectivity index (χ4n) is 3.11. The summed E-state index contributed by atoms with van der Waals surface area (Å²) in [5, 5.41) is 21.2. The zero-order chi connectivity index (χ0) is 23.9. The fraction of sp³-hybridized carbons (Fsp3) is 0.0833. The van der Waals surface area contributed by atoms with Crippen LogP contribution < -0.4 is 5.32 Å². The van der Waals surface area contributed by atoms with Gasteiger partial charge in [0.1, 0.15) is 0 Å². The highest BCUT2D eigenvalue weighted by atomic mass is 16.6. The number of carbonyl (C=O) groups is 2. The lowest BCUT2D eigenvalue weighted by atomic mass is 10.1.